The Kier molecular flexibility index (Phi) is 4.30. The molecule has 2 bridgehead atoms. The molecule has 7 nitrogen and oxygen atoms in total. The van der Waals surface area contributed by atoms with E-state index in [-0.39, 0.29) is 0 Å². The summed E-state index contributed by atoms with van der Waals surface area (Å²) in [7, 11) is 0. The highest BCUT2D eigenvalue weighted by Crippen LogP contribution is 2.68. The molecule has 0 aromatic heterocycles. The van der Waals surface area contributed by atoms with Crippen molar-refractivity contribution in [2.24, 2.45) is 16.7 Å². The highest BCUT2D eigenvalue weighted by molar-refractivity contribution is 5.89. The molecule has 2 aromatic rings. The van der Waals surface area contributed by atoms with E-state index in [9.17, 15) is 20.2 Å². The molecule has 0 saturated carbocycles. The second-order valence-corrected chi connectivity index (χ2v) is 7.51. The Bertz CT molecular complexity index is 1230. The predicted octanol–water partition coefficient (Wildman–Crippen LogP) is 3.81. The molecule has 2 aromatic carbocycles. The zero-order valence-corrected chi connectivity index (χ0v) is 16.3. The van der Waals surface area contributed by atoms with Crippen LogP contribution < -0.4 is 0 Å². The summed E-state index contributed by atoms with van der Waals surface area (Å²) in [6.07, 6.45) is -1.28. The molecule has 2 heterocycles. The van der Waals surface area contributed by atoms with Crippen molar-refractivity contribution in [1.82, 2.24) is 0 Å². The van der Waals surface area contributed by atoms with Crippen molar-refractivity contribution in [2.45, 2.75) is 18.8 Å². The first kappa shape index (κ1) is 20.0. The van der Waals surface area contributed by atoms with Gasteiger partial charge in [-0.15, -0.1) is 0 Å². The molecule has 2 saturated heterocycles. The number of benzene rings is 2. The zero-order chi connectivity index (χ0) is 22.4. The Labute approximate surface area is 177 Å². The van der Waals surface area contributed by atoms with Crippen molar-refractivity contribution < 1.29 is 13.9 Å². The predicted molar refractivity (Wildman–Crippen MR) is 103 cm³/mol. The summed E-state index contributed by atoms with van der Waals surface area (Å²) >= 11 is 0. The quantitative estimate of drug-likeness (QED) is 0.797. The van der Waals surface area contributed by atoms with Crippen molar-refractivity contribution in [3.05, 3.63) is 71.0 Å². The molecule has 0 amide bonds. The summed E-state index contributed by atoms with van der Waals surface area (Å²) in [5.74, 6) is -3.66. The largest absolute Gasteiger partial charge is 0.443 e. The first-order valence-electron chi connectivity index (χ1n) is 9.31. The van der Waals surface area contributed by atoms with Crippen LogP contribution in [0.25, 0.3) is 0 Å². The van der Waals surface area contributed by atoms with Gasteiger partial charge in [-0.2, -0.15) is 21.0 Å². The second kappa shape index (κ2) is 6.64. The smallest absolute Gasteiger partial charge is 0.244 e. The monoisotopic (exact) mass is 411 g/mol. The van der Waals surface area contributed by atoms with Crippen molar-refractivity contribution in [3.63, 3.8) is 0 Å². The first-order chi connectivity index (χ1) is 14.8. The van der Waals surface area contributed by atoms with Crippen LogP contribution in [0.15, 0.2) is 48.5 Å². The van der Waals surface area contributed by atoms with Gasteiger partial charge in [-0.3, -0.25) is 5.41 Å². The first-order valence-corrected chi connectivity index (χ1v) is 9.31. The van der Waals surface area contributed by atoms with E-state index in [0.717, 1.165) is 0 Å². The van der Waals surface area contributed by atoms with E-state index in [2.05, 4.69) is 0 Å². The van der Waals surface area contributed by atoms with Gasteiger partial charge in [0, 0.05) is 5.56 Å². The fraction of sp³-hybridized carbons (Fsp3) is 0.261. The molecule has 4 rings (SSSR count). The standard InChI is InChI=1S/C23H14FN5O2/c1-14-22(13-28)20(29)31-23(14,17-6-8-18(24)9-7-17)30-19(21(22,11-26)12-27)16-4-2-15(10-25)3-5-16/h2-9,14,19,29H,1H3. The molecule has 2 fully saturated rings. The van der Waals surface area contributed by atoms with Crippen molar-refractivity contribution in [1.29, 1.82) is 26.5 Å². The molecule has 4 unspecified atom stereocenters. The summed E-state index contributed by atoms with van der Waals surface area (Å²) in [5, 5.41) is 48.1. The molecule has 0 radical (unpaired) electrons. The minimum absolute atomic E-state index is 0.353. The lowest BCUT2D eigenvalue weighted by Crippen LogP contribution is -2.57. The number of hydrogen-bond donors (Lipinski definition) is 1. The number of nitrogens with one attached hydrogen (secondary N) is 1. The summed E-state index contributed by atoms with van der Waals surface area (Å²) < 4.78 is 25.7. The van der Waals surface area contributed by atoms with Gasteiger partial charge in [-0.05, 0) is 42.0 Å². The molecule has 31 heavy (non-hydrogen) atoms. The maximum Gasteiger partial charge on any atom is 0.244 e. The number of nitrogens with zero attached hydrogens (tertiary/aromatic N) is 4. The van der Waals surface area contributed by atoms with E-state index < -0.39 is 40.4 Å². The summed E-state index contributed by atoms with van der Waals surface area (Å²) in [4.78, 5) is 0. The van der Waals surface area contributed by atoms with Gasteiger partial charge in [-0.1, -0.05) is 19.1 Å². The molecule has 2 aliphatic heterocycles. The van der Waals surface area contributed by atoms with Crippen LogP contribution in [0.1, 0.15) is 29.7 Å². The molecule has 150 valence electrons. The molecular weight excluding hydrogens is 397 g/mol. The molecule has 2 aliphatic rings. The van der Waals surface area contributed by atoms with Gasteiger partial charge in [0.15, 0.2) is 5.41 Å². The molecule has 4 atom stereocenters. The molecule has 0 spiro atoms. The van der Waals surface area contributed by atoms with Crippen LogP contribution in [-0.2, 0) is 15.3 Å². The van der Waals surface area contributed by atoms with Crippen molar-refractivity contribution in [2.75, 3.05) is 0 Å². The third-order valence-corrected chi connectivity index (χ3v) is 6.26. The maximum absolute atomic E-state index is 13.6. The lowest BCUT2D eigenvalue weighted by Gasteiger charge is -2.48. The number of rotatable bonds is 2. The van der Waals surface area contributed by atoms with Crippen LogP contribution in [0.4, 0.5) is 4.39 Å². The topological polar surface area (TPSA) is 137 Å². The normalized spacial score (nSPS) is 30.2. The maximum atomic E-state index is 13.6. The van der Waals surface area contributed by atoms with E-state index >= 15 is 0 Å². The SMILES string of the molecule is CC1C2(c3ccc(F)cc3)OC(=N)C1(C#N)C(C#N)(C#N)C(c1ccc(C#N)cc1)O2. The van der Waals surface area contributed by atoms with E-state index in [1.807, 2.05) is 24.3 Å². The summed E-state index contributed by atoms with van der Waals surface area (Å²) in [6, 6.07) is 19.3. The van der Waals surface area contributed by atoms with E-state index in [1.54, 1.807) is 6.92 Å². The highest BCUT2D eigenvalue weighted by Gasteiger charge is 2.79. The zero-order valence-electron chi connectivity index (χ0n) is 16.3. The average molecular weight is 411 g/mol. The van der Waals surface area contributed by atoms with Gasteiger partial charge in [0.25, 0.3) is 0 Å². The Morgan fingerprint density at radius 1 is 0.935 bits per heavy atom. The molecule has 8 heteroatoms. The lowest BCUT2D eigenvalue weighted by molar-refractivity contribution is -0.288. The van der Waals surface area contributed by atoms with Gasteiger partial charge < -0.3 is 9.47 Å². The molecular formula is C23H14FN5O2. The average Bonchev–Trinajstić information content (AvgIpc) is 2.96. The van der Waals surface area contributed by atoms with Crippen LogP contribution in [0.5, 0.6) is 0 Å². The highest BCUT2D eigenvalue weighted by atomic mass is 19.1. The van der Waals surface area contributed by atoms with Crippen LogP contribution in [-0.4, -0.2) is 5.90 Å². The van der Waals surface area contributed by atoms with Crippen LogP contribution >= 0.6 is 0 Å². The Hall–Kier alpha value is -4.24. The van der Waals surface area contributed by atoms with E-state index in [4.69, 9.17) is 20.1 Å². The minimum Gasteiger partial charge on any atom is -0.443 e. The van der Waals surface area contributed by atoms with Gasteiger partial charge in [0.1, 0.15) is 11.9 Å². The number of ether oxygens (including phenoxy) is 2. The number of nitriles is 4. The van der Waals surface area contributed by atoms with Gasteiger partial charge >= 0.3 is 0 Å². The molecule has 0 aliphatic carbocycles. The van der Waals surface area contributed by atoms with Crippen molar-refractivity contribution >= 4 is 5.90 Å². The van der Waals surface area contributed by atoms with E-state index in [0.29, 0.717) is 16.7 Å². The van der Waals surface area contributed by atoms with Gasteiger partial charge in [-0.25, -0.2) is 4.39 Å². The van der Waals surface area contributed by atoms with Gasteiger partial charge in [0.2, 0.25) is 17.1 Å². The van der Waals surface area contributed by atoms with Crippen LogP contribution in [0.3, 0.4) is 0 Å². The van der Waals surface area contributed by atoms with E-state index in [1.165, 1.54) is 48.5 Å². The summed E-state index contributed by atoms with van der Waals surface area (Å²) in [6.45, 7) is 1.58. The van der Waals surface area contributed by atoms with Gasteiger partial charge in [0.05, 0.1) is 35.8 Å². The minimum atomic E-state index is -2.10. The third-order valence-electron chi connectivity index (χ3n) is 6.26. The van der Waals surface area contributed by atoms with Crippen molar-refractivity contribution in [3.8, 4) is 24.3 Å². The second-order valence-electron chi connectivity index (χ2n) is 7.51. The van der Waals surface area contributed by atoms with Crippen LogP contribution in [0.2, 0.25) is 0 Å². The number of halogens is 1. The fourth-order valence-corrected chi connectivity index (χ4v) is 4.58. The fourth-order valence-electron chi connectivity index (χ4n) is 4.58. The van der Waals surface area contributed by atoms with Crippen LogP contribution in [0, 0.1) is 73.3 Å². The molecule has 1 N–H and O–H groups in total. The summed E-state index contributed by atoms with van der Waals surface area (Å²) in [5.41, 5.74) is -2.96. The number of hydrogen-bond acceptors (Lipinski definition) is 7. The Morgan fingerprint density at radius 3 is 2.06 bits per heavy atom. The Balaban J connectivity index is 2.02. The third kappa shape index (κ3) is 2.29. The Morgan fingerprint density at radius 2 is 1.55 bits per heavy atom. The number of fused-ring (bicyclic) bond motifs is 2. The lowest BCUT2D eigenvalue weighted by atomic mass is 9.53.